The summed E-state index contributed by atoms with van der Waals surface area (Å²) in [7, 11) is 0. The van der Waals surface area contributed by atoms with E-state index in [9.17, 15) is 14.4 Å². The van der Waals surface area contributed by atoms with Gasteiger partial charge in [0.2, 0.25) is 5.91 Å². The minimum Gasteiger partial charge on any atom is -0.380 e. The highest BCUT2D eigenvalue weighted by atomic mass is 16.2. The van der Waals surface area contributed by atoms with Crippen LogP contribution < -0.4 is 26.8 Å². The number of nitrogens with one attached hydrogen (secondary N) is 1. The average molecular weight is 335 g/mol. The fourth-order valence-corrected chi connectivity index (χ4v) is 3.80. The Morgan fingerprint density at radius 3 is 2.08 bits per heavy atom. The van der Waals surface area contributed by atoms with Gasteiger partial charge < -0.3 is 16.0 Å². The molecule has 0 unspecified atom stereocenters. The molecule has 1 amide bonds. The van der Waals surface area contributed by atoms with Crippen molar-refractivity contribution < 1.29 is 4.79 Å². The minimum atomic E-state index is -0.415. The molecule has 134 valence electrons. The molecule has 0 radical (unpaired) electrons. The first-order valence-electron chi connectivity index (χ1n) is 8.88. The summed E-state index contributed by atoms with van der Waals surface area (Å²) in [6.45, 7) is 8.74. The van der Waals surface area contributed by atoms with Crippen LogP contribution in [0.15, 0.2) is 9.59 Å². The van der Waals surface area contributed by atoms with E-state index in [4.69, 9.17) is 5.73 Å². The lowest BCUT2D eigenvalue weighted by Gasteiger charge is -2.35. The first kappa shape index (κ1) is 18.5. The number of rotatable bonds is 7. The Hall–Kier alpha value is -1.85. The Balaban J connectivity index is 2.02. The Labute approximate surface area is 143 Å². The zero-order valence-corrected chi connectivity index (χ0v) is 15.1. The zero-order valence-electron chi connectivity index (χ0n) is 15.1. The maximum absolute atomic E-state index is 12.1. The summed E-state index contributed by atoms with van der Waals surface area (Å²) in [6, 6.07) is 0.305. The largest absolute Gasteiger partial charge is 0.380 e. The van der Waals surface area contributed by atoms with E-state index in [1.54, 1.807) is 0 Å². The summed E-state index contributed by atoms with van der Waals surface area (Å²) in [6.07, 6.45) is 3.46. The lowest BCUT2D eigenvalue weighted by molar-refractivity contribution is -0.122. The van der Waals surface area contributed by atoms with Crippen LogP contribution in [-0.2, 0) is 4.79 Å². The van der Waals surface area contributed by atoms with Crippen molar-refractivity contribution in [3.63, 3.8) is 0 Å². The standard InChI is InChI=1S/C18H29N3O3/c1-10(2)21(11(3)4)15-14(16(22)17(15)23)20-9-12-5-7-13(8-6-12)18(19)24/h10-13,20H,5-9H2,1-4H3,(H2,19,24). The van der Waals surface area contributed by atoms with Crippen molar-refractivity contribution in [2.45, 2.75) is 65.5 Å². The molecule has 0 aliphatic heterocycles. The molecule has 1 aliphatic carbocycles. The van der Waals surface area contributed by atoms with E-state index in [0.29, 0.717) is 23.8 Å². The average Bonchev–Trinajstić information content (AvgIpc) is 2.53. The maximum Gasteiger partial charge on any atom is 0.253 e. The molecule has 3 N–H and O–H groups in total. The zero-order chi connectivity index (χ0) is 18.0. The van der Waals surface area contributed by atoms with Crippen LogP contribution >= 0.6 is 0 Å². The van der Waals surface area contributed by atoms with Gasteiger partial charge in [-0.2, -0.15) is 0 Å². The highest BCUT2D eigenvalue weighted by Crippen LogP contribution is 2.30. The van der Waals surface area contributed by atoms with Crippen LogP contribution in [0.3, 0.4) is 0 Å². The van der Waals surface area contributed by atoms with E-state index in [1.807, 2.05) is 32.6 Å². The molecule has 6 heteroatoms. The second-order valence-corrected chi connectivity index (χ2v) is 7.48. The van der Waals surface area contributed by atoms with E-state index < -0.39 is 10.9 Å². The molecule has 1 fully saturated rings. The third-order valence-corrected chi connectivity index (χ3v) is 5.07. The van der Waals surface area contributed by atoms with E-state index >= 15 is 0 Å². The normalized spacial score (nSPS) is 21.4. The van der Waals surface area contributed by atoms with Gasteiger partial charge in [0.15, 0.2) is 0 Å². The fourth-order valence-electron chi connectivity index (χ4n) is 3.80. The van der Waals surface area contributed by atoms with Crippen molar-refractivity contribution in [1.82, 2.24) is 0 Å². The van der Waals surface area contributed by atoms with Crippen LogP contribution in [0.5, 0.6) is 0 Å². The third-order valence-electron chi connectivity index (χ3n) is 5.07. The van der Waals surface area contributed by atoms with Gasteiger partial charge in [-0.05, 0) is 59.3 Å². The van der Waals surface area contributed by atoms with E-state index in [0.717, 1.165) is 25.7 Å². The SMILES string of the molecule is CC(C)N(c1c(NCC2CCC(C(N)=O)CC2)c(=O)c1=O)C(C)C. The van der Waals surface area contributed by atoms with Crippen LogP contribution in [0.25, 0.3) is 0 Å². The Morgan fingerprint density at radius 2 is 1.62 bits per heavy atom. The number of carbonyl (C=O) groups excluding carboxylic acids is 1. The smallest absolute Gasteiger partial charge is 0.253 e. The Bertz CT molecular complexity index is 643. The van der Waals surface area contributed by atoms with Gasteiger partial charge in [-0.15, -0.1) is 0 Å². The minimum absolute atomic E-state index is 0.0136. The van der Waals surface area contributed by atoms with E-state index in [2.05, 4.69) is 5.32 Å². The van der Waals surface area contributed by atoms with Gasteiger partial charge in [-0.3, -0.25) is 14.4 Å². The topological polar surface area (TPSA) is 92.5 Å². The van der Waals surface area contributed by atoms with Crippen molar-refractivity contribution in [1.29, 1.82) is 0 Å². The van der Waals surface area contributed by atoms with Gasteiger partial charge in [0.25, 0.3) is 10.9 Å². The Morgan fingerprint density at radius 1 is 1.08 bits per heavy atom. The van der Waals surface area contributed by atoms with E-state index in [-0.39, 0.29) is 23.9 Å². The van der Waals surface area contributed by atoms with Crippen LogP contribution in [0.2, 0.25) is 0 Å². The van der Waals surface area contributed by atoms with Crippen LogP contribution in [0, 0.1) is 11.8 Å². The quantitative estimate of drug-likeness (QED) is 0.739. The number of nitrogens with zero attached hydrogens (tertiary/aromatic N) is 1. The first-order chi connectivity index (χ1) is 11.2. The number of amides is 1. The molecular formula is C18H29N3O3. The van der Waals surface area contributed by atoms with Gasteiger partial charge in [0.05, 0.1) is 0 Å². The van der Waals surface area contributed by atoms with Crippen LogP contribution in [-0.4, -0.2) is 24.5 Å². The van der Waals surface area contributed by atoms with Crippen molar-refractivity contribution in [2.24, 2.45) is 17.6 Å². The van der Waals surface area contributed by atoms with Crippen LogP contribution in [0.1, 0.15) is 53.4 Å². The molecule has 2 rings (SSSR count). The molecule has 1 aromatic rings. The van der Waals surface area contributed by atoms with Crippen molar-refractivity contribution >= 4 is 17.3 Å². The number of anilines is 2. The first-order valence-corrected chi connectivity index (χ1v) is 8.88. The predicted molar refractivity (Wildman–Crippen MR) is 97.2 cm³/mol. The molecule has 0 heterocycles. The lowest BCUT2D eigenvalue weighted by atomic mass is 9.81. The summed E-state index contributed by atoms with van der Waals surface area (Å²) in [4.78, 5) is 37.2. The maximum atomic E-state index is 12.1. The third kappa shape index (κ3) is 3.62. The molecule has 0 bridgehead atoms. The second kappa shape index (κ2) is 7.36. The van der Waals surface area contributed by atoms with Crippen LogP contribution in [0.4, 0.5) is 11.4 Å². The lowest BCUT2D eigenvalue weighted by Crippen LogP contribution is -2.48. The molecule has 0 aromatic heterocycles. The van der Waals surface area contributed by atoms with Gasteiger partial charge >= 0.3 is 0 Å². The van der Waals surface area contributed by atoms with Gasteiger partial charge in [0, 0.05) is 24.5 Å². The van der Waals surface area contributed by atoms with Gasteiger partial charge in [-0.1, -0.05) is 0 Å². The summed E-state index contributed by atoms with van der Waals surface area (Å²) in [5, 5.41) is 3.20. The number of nitrogens with two attached hydrogens (primary N) is 1. The monoisotopic (exact) mass is 335 g/mol. The number of primary amides is 1. The molecule has 24 heavy (non-hydrogen) atoms. The molecule has 1 saturated carbocycles. The number of hydrogen-bond donors (Lipinski definition) is 2. The molecule has 0 atom stereocenters. The fraction of sp³-hybridized carbons (Fsp3) is 0.722. The highest BCUT2D eigenvalue weighted by Gasteiger charge is 2.30. The molecule has 0 spiro atoms. The van der Waals surface area contributed by atoms with Gasteiger partial charge in [0.1, 0.15) is 11.4 Å². The highest BCUT2D eigenvalue weighted by molar-refractivity contribution is 5.77. The van der Waals surface area contributed by atoms with Crippen molar-refractivity contribution in [3.05, 3.63) is 20.4 Å². The number of hydrogen-bond acceptors (Lipinski definition) is 5. The summed E-state index contributed by atoms with van der Waals surface area (Å²) in [5.74, 6) is 0.181. The summed E-state index contributed by atoms with van der Waals surface area (Å²) >= 11 is 0. The number of carbonyl (C=O) groups is 1. The van der Waals surface area contributed by atoms with Crippen molar-refractivity contribution in [2.75, 3.05) is 16.8 Å². The van der Waals surface area contributed by atoms with Crippen molar-refractivity contribution in [3.8, 4) is 0 Å². The predicted octanol–water partition coefficient (Wildman–Crippen LogP) is 1.61. The summed E-state index contributed by atoms with van der Waals surface area (Å²) < 4.78 is 0. The van der Waals surface area contributed by atoms with Gasteiger partial charge in [-0.25, -0.2) is 0 Å². The second-order valence-electron chi connectivity index (χ2n) is 7.48. The molecular weight excluding hydrogens is 306 g/mol. The summed E-state index contributed by atoms with van der Waals surface area (Å²) in [5.41, 5.74) is 5.53. The molecule has 1 aliphatic rings. The Kier molecular flexibility index (Phi) is 5.67. The molecule has 1 aromatic carbocycles. The van der Waals surface area contributed by atoms with E-state index in [1.165, 1.54) is 0 Å². The molecule has 0 saturated heterocycles. The molecule has 6 nitrogen and oxygen atoms in total.